The van der Waals surface area contributed by atoms with Gasteiger partial charge in [-0.2, -0.15) is 0 Å². The van der Waals surface area contributed by atoms with E-state index in [0.717, 1.165) is 21.0 Å². The Labute approximate surface area is 278 Å². The Kier molecular flexibility index (Phi) is 12.4. The van der Waals surface area contributed by atoms with Crippen molar-refractivity contribution in [3.8, 4) is 11.5 Å². The molecule has 0 fully saturated rings. The van der Waals surface area contributed by atoms with Crippen LogP contribution in [0, 0.1) is 6.92 Å². The summed E-state index contributed by atoms with van der Waals surface area (Å²) in [5.41, 5.74) is 2.79. The number of nitrogens with one attached hydrogen (secondary N) is 1. The number of nitrogens with zero attached hydrogens (tertiary/aromatic N) is 2. The van der Waals surface area contributed by atoms with Gasteiger partial charge in [-0.3, -0.25) is 13.9 Å². The lowest BCUT2D eigenvalue weighted by molar-refractivity contribution is -0.140. The van der Waals surface area contributed by atoms with Crippen LogP contribution >= 0.6 is 0 Å². The molecule has 0 spiro atoms. The maximum absolute atomic E-state index is 14.6. The minimum absolute atomic E-state index is 0.0469. The minimum atomic E-state index is -4.20. The molecular formula is C37H43N3O6S. The monoisotopic (exact) mass is 657 g/mol. The molecule has 47 heavy (non-hydrogen) atoms. The first-order valence-corrected chi connectivity index (χ1v) is 17.2. The summed E-state index contributed by atoms with van der Waals surface area (Å²) in [5, 5.41) is 2.96. The lowest BCUT2D eigenvalue weighted by Gasteiger charge is -2.34. The molecule has 0 saturated heterocycles. The Morgan fingerprint density at radius 1 is 0.830 bits per heavy atom. The number of anilines is 1. The van der Waals surface area contributed by atoms with E-state index in [1.165, 1.54) is 17.0 Å². The molecule has 0 aromatic heterocycles. The molecule has 2 amide bonds. The van der Waals surface area contributed by atoms with Crippen LogP contribution in [0.5, 0.6) is 11.5 Å². The van der Waals surface area contributed by atoms with Crippen molar-refractivity contribution < 1.29 is 27.5 Å². The highest BCUT2D eigenvalue weighted by molar-refractivity contribution is 7.92. The molecule has 4 rings (SSSR count). The number of sulfonamides is 1. The van der Waals surface area contributed by atoms with Crippen LogP contribution in [-0.4, -0.2) is 58.0 Å². The molecule has 0 heterocycles. The molecule has 248 valence electrons. The summed E-state index contributed by atoms with van der Waals surface area (Å²) in [6, 6.07) is 28.9. The van der Waals surface area contributed by atoms with Gasteiger partial charge in [0.2, 0.25) is 11.8 Å². The second-order valence-electron chi connectivity index (χ2n) is 11.1. The van der Waals surface area contributed by atoms with Crippen molar-refractivity contribution in [2.45, 2.75) is 51.1 Å². The van der Waals surface area contributed by atoms with E-state index in [4.69, 9.17) is 9.47 Å². The molecule has 0 aliphatic rings. The smallest absolute Gasteiger partial charge is 0.264 e. The Hall–Kier alpha value is -4.83. The second kappa shape index (κ2) is 16.6. The molecule has 1 N–H and O–H groups in total. The van der Waals surface area contributed by atoms with Gasteiger partial charge in [0.1, 0.15) is 24.1 Å². The average Bonchev–Trinajstić information content (AvgIpc) is 3.08. The second-order valence-corrected chi connectivity index (χ2v) is 13.0. The van der Waals surface area contributed by atoms with Crippen molar-refractivity contribution in [2.24, 2.45) is 0 Å². The molecule has 0 unspecified atom stereocenters. The summed E-state index contributed by atoms with van der Waals surface area (Å²) in [7, 11) is -2.64. The van der Waals surface area contributed by atoms with E-state index in [-0.39, 0.29) is 23.8 Å². The Morgan fingerprint density at radius 3 is 2.15 bits per heavy atom. The van der Waals surface area contributed by atoms with Gasteiger partial charge in [0.25, 0.3) is 10.0 Å². The molecule has 4 aromatic carbocycles. The van der Waals surface area contributed by atoms with Crippen molar-refractivity contribution in [3.63, 3.8) is 0 Å². The third kappa shape index (κ3) is 9.36. The predicted octanol–water partition coefficient (Wildman–Crippen LogP) is 5.76. The Balaban J connectivity index is 1.80. The SMILES string of the molecule is CCCNC(=O)[C@@H](Cc1ccccc1)N(Cc1cccc(OC)c1)C(=O)CN(c1ccc(OCC)cc1)S(=O)(=O)c1ccc(C)cc1. The molecular weight excluding hydrogens is 614 g/mol. The molecule has 0 saturated carbocycles. The number of carbonyl (C=O) groups is 2. The number of carbonyl (C=O) groups excluding carboxylic acids is 2. The normalized spacial score (nSPS) is 11.7. The summed E-state index contributed by atoms with van der Waals surface area (Å²) in [6.07, 6.45) is 0.952. The van der Waals surface area contributed by atoms with Crippen molar-refractivity contribution in [2.75, 3.05) is 31.1 Å². The molecule has 4 aromatic rings. The summed E-state index contributed by atoms with van der Waals surface area (Å²) >= 11 is 0. The van der Waals surface area contributed by atoms with Gasteiger partial charge in [-0.05, 0) is 79.9 Å². The fourth-order valence-corrected chi connectivity index (χ4v) is 6.54. The van der Waals surface area contributed by atoms with Gasteiger partial charge < -0.3 is 19.7 Å². The van der Waals surface area contributed by atoms with Gasteiger partial charge >= 0.3 is 0 Å². The number of benzene rings is 4. The zero-order valence-corrected chi connectivity index (χ0v) is 28.2. The van der Waals surface area contributed by atoms with E-state index < -0.39 is 28.5 Å². The highest BCUT2D eigenvalue weighted by Crippen LogP contribution is 2.27. The van der Waals surface area contributed by atoms with Crippen molar-refractivity contribution >= 4 is 27.5 Å². The van der Waals surface area contributed by atoms with Gasteiger partial charge in [0.15, 0.2) is 0 Å². The highest BCUT2D eigenvalue weighted by atomic mass is 32.2. The zero-order chi connectivity index (χ0) is 33.8. The molecule has 1 atom stereocenters. The van der Waals surface area contributed by atoms with Crippen molar-refractivity contribution in [1.82, 2.24) is 10.2 Å². The van der Waals surface area contributed by atoms with E-state index in [2.05, 4.69) is 5.32 Å². The third-order valence-electron chi connectivity index (χ3n) is 7.63. The maximum Gasteiger partial charge on any atom is 0.264 e. The fourth-order valence-electron chi connectivity index (χ4n) is 5.13. The van der Waals surface area contributed by atoms with Gasteiger partial charge in [0.05, 0.1) is 24.3 Å². The molecule has 0 radical (unpaired) electrons. The molecule has 0 aliphatic carbocycles. The molecule has 0 bridgehead atoms. The minimum Gasteiger partial charge on any atom is -0.497 e. The van der Waals surface area contributed by atoms with Gasteiger partial charge in [-0.25, -0.2) is 8.42 Å². The molecule has 0 aliphatic heterocycles. The number of amides is 2. The lowest BCUT2D eigenvalue weighted by Crippen LogP contribution is -2.53. The van der Waals surface area contributed by atoms with Crippen molar-refractivity contribution in [1.29, 1.82) is 0 Å². The summed E-state index contributed by atoms with van der Waals surface area (Å²) in [4.78, 5) is 29.9. The largest absolute Gasteiger partial charge is 0.497 e. The number of hydrogen-bond donors (Lipinski definition) is 1. The maximum atomic E-state index is 14.6. The number of ether oxygens (including phenoxy) is 2. The Morgan fingerprint density at radius 2 is 1.51 bits per heavy atom. The van der Waals surface area contributed by atoms with Crippen LogP contribution in [0.15, 0.2) is 108 Å². The highest BCUT2D eigenvalue weighted by Gasteiger charge is 2.34. The van der Waals surface area contributed by atoms with Crippen LogP contribution in [0.3, 0.4) is 0 Å². The van der Waals surface area contributed by atoms with Crippen LogP contribution in [0.1, 0.15) is 37.0 Å². The first kappa shape index (κ1) is 35.0. The number of aryl methyl sites for hydroxylation is 1. The van der Waals surface area contributed by atoms with Crippen LogP contribution in [0.25, 0.3) is 0 Å². The number of methoxy groups -OCH3 is 1. The van der Waals surface area contributed by atoms with Crippen molar-refractivity contribution in [3.05, 3.63) is 120 Å². The molecule has 9 nitrogen and oxygen atoms in total. The first-order valence-electron chi connectivity index (χ1n) is 15.7. The van der Waals surface area contributed by atoms with E-state index in [0.29, 0.717) is 36.8 Å². The van der Waals surface area contributed by atoms with Crippen LogP contribution < -0.4 is 19.1 Å². The van der Waals surface area contributed by atoms with Gasteiger partial charge in [-0.1, -0.05) is 67.1 Å². The predicted molar refractivity (Wildman–Crippen MR) is 184 cm³/mol. The zero-order valence-electron chi connectivity index (χ0n) is 27.4. The summed E-state index contributed by atoms with van der Waals surface area (Å²) in [6.45, 7) is 6.08. The Bertz CT molecular complexity index is 1710. The average molecular weight is 658 g/mol. The van der Waals surface area contributed by atoms with Crippen LogP contribution in [0.2, 0.25) is 0 Å². The lowest BCUT2D eigenvalue weighted by atomic mass is 10.0. The third-order valence-corrected chi connectivity index (χ3v) is 9.42. The first-order chi connectivity index (χ1) is 22.7. The summed E-state index contributed by atoms with van der Waals surface area (Å²) < 4.78 is 40.5. The van der Waals surface area contributed by atoms with E-state index in [1.807, 2.05) is 63.2 Å². The van der Waals surface area contributed by atoms with E-state index in [9.17, 15) is 18.0 Å². The number of hydrogen-bond acceptors (Lipinski definition) is 6. The van der Waals surface area contributed by atoms with E-state index in [1.54, 1.807) is 55.6 Å². The number of rotatable bonds is 16. The molecule has 10 heteroatoms. The van der Waals surface area contributed by atoms with Crippen LogP contribution in [-0.2, 0) is 32.6 Å². The standard InChI is InChI=1S/C37H43N3O6S/c1-5-23-38-37(42)35(25-29-11-8-7-9-12-29)39(26-30-13-10-14-33(24-30)45-4)36(41)27-40(31-17-19-32(20-18-31)46-6-2)47(43,44)34-21-15-28(3)16-22-34/h7-22,24,35H,5-6,23,25-27H2,1-4H3,(H,38,42)/t35-/m1/s1. The van der Waals surface area contributed by atoms with Gasteiger partial charge in [0, 0.05) is 19.5 Å². The van der Waals surface area contributed by atoms with E-state index >= 15 is 0 Å². The fraction of sp³-hybridized carbons (Fsp3) is 0.297. The summed E-state index contributed by atoms with van der Waals surface area (Å²) in [5.74, 6) is 0.319. The van der Waals surface area contributed by atoms with Gasteiger partial charge in [-0.15, -0.1) is 0 Å². The quantitative estimate of drug-likeness (QED) is 0.164. The van der Waals surface area contributed by atoms with Crippen LogP contribution in [0.4, 0.5) is 5.69 Å². The topological polar surface area (TPSA) is 105 Å².